The van der Waals surface area contributed by atoms with Crippen LogP contribution in [0.3, 0.4) is 0 Å². The van der Waals surface area contributed by atoms with E-state index in [9.17, 15) is 9.59 Å². The van der Waals surface area contributed by atoms with Crippen molar-refractivity contribution in [2.75, 3.05) is 19.7 Å². The first-order valence-electron chi connectivity index (χ1n) is 7.32. The van der Waals surface area contributed by atoms with Gasteiger partial charge in [-0.1, -0.05) is 19.1 Å². The molecule has 1 aliphatic heterocycles. The molecule has 0 bridgehead atoms. The number of carboxylic acid groups (broad SMARTS) is 1. The van der Waals surface area contributed by atoms with Crippen molar-refractivity contribution >= 4 is 11.9 Å². The molecule has 0 saturated carbocycles. The maximum absolute atomic E-state index is 12.1. The Balaban J connectivity index is 1.84. The number of carbonyl (C=O) groups is 2. The number of nitrogens with zero attached hydrogens (tertiary/aromatic N) is 1. The Hall–Kier alpha value is -2.04. The van der Waals surface area contributed by atoms with Gasteiger partial charge in [0.1, 0.15) is 5.75 Å². The summed E-state index contributed by atoms with van der Waals surface area (Å²) in [7, 11) is 0. The minimum atomic E-state index is -0.830. The molecule has 1 saturated heterocycles. The third-order valence-electron chi connectivity index (χ3n) is 3.82. The molecule has 0 aromatic heterocycles. The summed E-state index contributed by atoms with van der Waals surface area (Å²) in [4.78, 5) is 24.6. The van der Waals surface area contributed by atoms with Gasteiger partial charge in [0, 0.05) is 13.1 Å². The molecule has 1 aromatic rings. The van der Waals surface area contributed by atoms with Crippen molar-refractivity contribution < 1.29 is 19.4 Å². The summed E-state index contributed by atoms with van der Waals surface area (Å²) >= 11 is 0. The van der Waals surface area contributed by atoms with Crippen molar-refractivity contribution in [3.05, 3.63) is 29.8 Å². The molecule has 1 N–H and O–H groups in total. The van der Waals surface area contributed by atoms with E-state index in [-0.39, 0.29) is 19.1 Å². The number of aliphatic carboxylic acids is 1. The van der Waals surface area contributed by atoms with Gasteiger partial charge < -0.3 is 14.7 Å². The molecule has 2 rings (SSSR count). The van der Waals surface area contributed by atoms with Crippen LogP contribution in [0.25, 0.3) is 0 Å². The zero-order valence-electron chi connectivity index (χ0n) is 12.2. The van der Waals surface area contributed by atoms with Gasteiger partial charge in [-0.2, -0.15) is 0 Å². The number of carboxylic acids is 1. The fourth-order valence-electron chi connectivity index (χ4n) is 2.46. The average Bonchev–Trinajstić information content (AvgIpc) is 2.53. The summed E-state index contributed by atoms with van der Waals surface area (Å²) in [6.45, 7) is 2.93. The van der Waals surface area contributed by atoms with E-state index in [0.29, 0.717) is 18.7 Å². The molecule has 1 aliphatic rings. The van der Waals surface area contributed by atoms with Gasteiger partial charge in [-0.05, 0) is 37.0 Å². The number of rotatable bonds is 5. The van der Waals surface area contributed by atoms with Crippen molar-refractivity contribution in [1.29, 1.82) is 0 Å². The van der Waals surface area contributed by atoms with E-state index < -0.39 is 11.9 Å². The molecule has 0 aliphatic carbocycles. The second-order valence-electron chi connectivity index (χ2n) is 5.30. The number of carbonyl (C=O) groups excluding carboxylic acids is 1. The molecule has 5 heteroatoms. The highest BCUT2D eigenvalue weighted by molar-refractivity contribution is 5.79. The summed E-state index contributed by atoms with van der Waals surface area (Å²) in [5.74, 6) is -0.775. The molecule has 1 fully saturated rings. The van der Waals surface area contributed by atoms with Gasteiger partial charge in [0.05, 0.1) is 5.92 Å². The lowest BCUT2D eigenvalue weighted by molar-refractivity contribution is -0.146. The van der Waals surface area contributed by atoms with Crippen LogP contribution in [-0.2, 0) is 16.0 Å². The lowest BCUT2D eigenvalue weighted by Gasteiger charge is -2.30. The van der Waals surface area contributed by atoms with Crippen LogP contribution in [0, 0.1) is 5.92 Å². The molecule has 5 nitrogen and oxygen atoms in total. The second-order valence-corrected chi connectivity index (χ2v) is 5.30. The lowest BCUT2D eigenvalue weighted by atomic mass is 9.98. The highest BCUT2D eigenvalue weighted by Crippen LogP contribution is 2.17. The summed E-state index contributed by atoms with van der Waals surface area (Å²) < 4.78 is 5.48. The Morgan fingerprint density at radius 1 is 1.33 bits per heavy atom. The van der Waals surface area contributed by atoms with Gasteiger partial charge >= 0.3 is 5.97 Å². The molecule has 1 aromatic carbocycles. The molecular formula is C16H21NO4. The molecule has 0 spiro atoms. The molecule has 0 radical (unpaired) electrons. The first kappa shape index (κ1) is 15.4. The first-order chi connectivity index (χ1) is 10.1. The van der Waals surface area contributed by atoms with E-state index in [2.05, 4.69) is 6.92 Å². The number of amides is 1. The number of hydrogen-bond donors (Lipinski definition) is 1. The summed E-state index contributed by atoms with van der Waals surface area (Å²) in [6.07, 6.45) is 2.33. The quantitative estimate of drug-likeness (QED) is 0.900. The van der Waals surface area contributed by atoms with E-state index in [0.717, 1.165) is 12.8 Å². The summed E-state index contributed by atoms with van der Waals surface area (Å²) in [5.41, 5.74) is 1.22. The minimum Gasteiger partial charge on any atom is -0.484 e. The van der Waals surface area contributed by atoms with E-state index in [4.69, 9.17) is 9.84 Å². The fraction of sp³-hybridized carbons (Fsp3) is 0.500. The molecule has 21 heavy (non-hydrogen) atoms. The van der Waals surface area contributed by atoms with Gasteiger partial charge in [-0.15, -0.1) is 0 Å². The van der Waals surface area contributed by atoms with Crippen LogP contribution >= 0.6 is 0 Å². The van der Waals surface area contributed by atoms with Gasteiger partial charge in [0.25, 0.3) is 5.91 Å². The van der Waals surface area contributed by atoms with E-state index in [1.165, 1.54) is 5.56 Å². The number of hydrogen-bond acceptors (Lipinski definition) is 3. The van der Waals surface area contributed by atoms with Crippen molar-refractivity contribution in [1.82, 2.24) is 4.90 Å². The Morgan fingerprint density at radius 2 is 2.05 bits per heavy atom. The molecule has 1 heterocycles. The Morgan fingerprint density at radius 3 is 2.67 bits per heavy atom. The first-order valence-corrected chi connectivity index (χ1v) is 7.32. The van der Waals surface area contributed by atoms with Crippen LogP contribution in [-0.4, -0.2) is 41.6 Å². The normalized spacial score (nSPS) is 18.3. The van der Waals surface area contributed by atoms with Crippen molar-refractivity contribution in [2.45, 2.75) is 26.2 Å². The molecule has 1 atom stereocenters. The summed E-state index contributed by atoms with van der Waals surface area (Å²) in [5, 5.41) is 9.03. The van der Waals surface area contributed by atoms with Crippen LogP contribution in [0.4, 0.5) is 0 Å². The molecular weight excluding hydrogens is 270 g/mol. The lowest BCUT2D eigenvalue weighted by Crippen LogP contribution is -2.44. The maximum atomic E-state index is 12.1. The van der Waals surface area contributed by atoms with Gasteiger partial charge in [-0.25, -0.2) is 0 Å². The standard InChI is InChI=1S/C16H21NO4/c1-2-12-5-7-14(8-6-12)21-11-15(18)17-9-3-4-13(10-17)16(19)20/h5-8,13H,2-4,9-11H2,1H3,(H,19,20)/t13-/m0/s1. The number of benzene rings is 1. The number of ether oxygens (including phenoxy) is 1. The smallest absolute Gasteiger partial charge is 0.308 e. The highest BCUT2D eigenvalue weighted by atomic mass is 16.5. The highest BCUT2D eigenvalue weighted by Gasteiger charge is 2.28. The number of likely N-dealkylation sites (tertiary alicyclic amines) is 1. The largest absolute Gasteiger partial charge is 0.484 e. The van der Waals surface area contributed by atoms with E-state index in [1.807, 2.05) is 24.3 Å². The van der Waals surface area contributed by atoms with E-state index in [1.54, 1.807) is 4.90 Å². The van der Waals surface area contributed by atoms with Crippen LogP contribution in [0.15, 0.2) is 24.3 Å². The third kappa shape index (κ3) is 4.21. The monoisotopic (exact) mass is 291 g/mol. The molecule has 0 unspecified atom stereocenters. The third-order valence-corrected chi connectivity index (χ3v) is 3.82. The van der Waals surface area contributed by atoms with Gasteiger partial charge in [0.15, 0.2) is 6.61 Å². The van der Waals surface area contributed by atoms with Crippen LogP contribution in [0.5, 0.6) is 5.75 Å². The predicted octanol–water partition coefficient (Wildman–Crippen LogP) is 1.95. The topological polar surface area (TPSA) is 66.8 Å². The van der Waals surface area contributed by atoms with Crippen molar-refractivity contribution in [3.8, 4) is 5.75 Å². The average molecular weight is 291 g/mol. The zero-order valence-corrected chi connectivity index (χ0v) is 12.2. The minimum absolute atomic E-state index is 0.0438. The number of piperidine rings is 1. The van der Waals surface area contributed by atoms with Crippen molar-refractivity contribution in [2.24, 2.45) is 5.92 Å². The van der Waals surface area contributed by atoms with Crippen LogP contribution < -0.4 is 4.74 Å². The summed E-state index contributed by atoms with van der Waals surface area (Å²) in [6, 6.07) is 7.65. The molecule has 1 amide bonds. The number of aryl methyl sites for hydroxylation is 1. The maximum Gasteiger partial charge on any atom is 0.308 e. The van der Waals surface area contributed by atoms with Crippen LogP contribution in [0.1, 0.15) is 25.3 Å². The van der Waals surface area contributed by atoms with Gasteiger partial charge in [0.2, 0.25) is 0 Å². The van der Waals surface area contributed by atoms with Crippen molar-refractivity contribution in [3.63, 3.8) is 0 Å². The Labute approximate surface area is 124 Å². The SMILES string of the molecule is CCc1ccc(OCC(=O)N2CCC[C@H](C(=O)O)C2)cc1. The second kappa shape index (κ2) is 7.11. The Bertz CT molecular complexity index is 498. The predicted molar refractivity (Wildman–Crippen MR) is 78.3 cm³/mol. The van der Waals surface area contributed by atoms with Crippen LogP contribution in [0.2, 0.25) is 0 Å². The molecule has 114 valence electrons. The van der Waals surface area contributed by atoms with Gasteiger partial charge in [-0.3, -0.25) is 9.59 Å². The fourth-order valence-corrected chi connectivity index (χ4v) is 2.46. The zero-order chi connectivity index (χ0) is 15.2. The Kier molecular flexibility index (Phi) is 5.20. The van der Waals surface area contributed by atoms with E-state index >= 15 is 0 Å².